The number of nitrogens with zero attached hydrogens (tertiary/aromatic N) is 1. The van der Waals surface area contributed by atoms with Gasteiger partial charge >= 0.3 is 0 Å². The van der Waals surface area contributed by atoms with Crippen molar-refractivity contribution in [3.63, 3.8) is 0 Å². The van der Waals surface area contributed by atoms with E-state index in [9.17, 15) is 0 Å². The lowest BCUT2D eigenvalue weighted by Gasteiger charge is -2.36. The molecule has 1 rings (SSSR count). The molecule has 1 aliphatic rings. The minimum atomic E-state index is 0. The van der Waals surface area contributed by atoms with Gasteiger partial charge in [-0.25, -0.2) is 0 Å². The van der Waals surface area contributed by atoms with Gasteiger partial charge in [-0.15, -0.1) is 24.0 Å². The Morgan fingerprint density at radius 2 is 1.77 bits per heavy atom. The summed E-state index contributed by atoms with van der Waals surface area (Å²) in [6, 6.07) is 0. The molecule has 0 bridgehead atoms. The van der Waals surface area contributed by atoms with Gasteiger partial charge in [0.25, 0.3) is 0 Å². The van der Waals surface area contributed by atoms with Crippen LogP contribution in [-0.2, 0) is 0 Å². The molecule has 0 atom stereocenters. The Bertz CT molecular complexity index is 127. The second kappa shape index (κ2) is 6.10. The Labute approximate surface area is 93.2 Å². The average Bonchev–Trinajstić information content (AvgIpc) is 2.03. The molecule has 1 saturated heterocycles. The molecule has 0 radical (unpaired) electrons. The molecular formula is C10H21Cl2N. The average molecular weight is 226 g/mol. The van der Waals surface area contributed by atoms with Crippen LogP contribution in [-0.4, -0.2) is 30.4 Å². The van der Waals surface area contributed by atoms with Crippen LogP contribution >= 0.6 is 24.0 Å². The van der Waals surface area contributed by atoms with Gasteiger partial charge in [0.05, 0.1) is 0 Å². The Morgan fingerprint density at radius 1 is 1.23 bits per heavy atom. The molecule has 0 N–H and O–H groups in total. The Kier molecular flexibility index (Phi) is 6.36. The zero-order valence-electron chi connectivity index (χ0n) is 8.68. The number of hydrogen-bond acceptors (Lipinski definition) is 1. The second-order valence-electron chi connectivity index (χ2n) is 4.55. The molecule has 0 aliphatic carbocycles. The van der Waals surface area contributed by atoms with Crippen LogP contribution in [0.2, 0.25) is 0 Å². The predicted octanol–water partition coefficient (Wildman–Crippen LogP) is 3.16. The number of likely N-dealkylation sites (tertiary alicyclic amines) is 1. The highest BCUT2D eigenvalue weighted by Crippen LogP contribution is 2.29. The van der Waals surface area contributed by atoms with E-state index in [0.29, 0.717) is 5.41 Å². The molecule has 1 fully saturated rings. The van der Waals surface area contributed by atoms with Crippen LogP contribution in [0.25, 0.3) is 0 Å². The molecule has 3 heteroatoms. The summed E-state index contributed by atoms with van der Waals surface area (Å²) < 4.78 is 0. The summed E-state index contributed by atoms with van der Waals surface area (Å²) in [5.41, 5.74) is 0.581. The fourth-order valence-electron chi connectivity index (χ4n) is 1.67. The molecule has 0 unspecified atom stereocenters. The van der Waals surface area contributed by atoms with E-state index in [-0.39, 0.29) is 12.4 Å². The summed E-state index contributed by atoms with van der Waals surface area (Å²) in [6.07, 6.45) is 3.83. The molecule has 0 amide bonds. The van der Waals surface area contributed by atoms with Crippen LogP contribution in [0, 0.1) is 5.41 Å². The zero-order valence-corrected chi connectivity index (χ0v) is 10.3. The fraction of sp³-hybridized carbons (Fsp3) is 1.00. The van der Waals surface area contributed by atoms with Gasteiger partial charge < -0.3 is 4.90 Å². The zero-order chi connectivity index (χ0) is 9.03. The Morgan fingerprint density at radius 3 is 2.23 bits per heavy atom. The molecule has 0 aromatic heterocycles. The van der Waals surface area contributed by atoms with E-state index in [2.05, 4.69) is 18.7 Å². The van der Waals surface area contributed by atoms with Crippen molar-refractivity contribution < 1.29 is 0 Å². The summed E-state index contributed by atoms with van der Waals surface area (Å²) >= 11 is 5.65. The third-order valence-corrected chi connectivity index (χ3v) is 3.08. The summed E-state index contributed by atoms with van der Waals surface area (Å²) in [5.74, 6) is 0.805. The standard InChI is InChI=1S/C10H20ClN.ClH/c1-10(2)4-8-12(9-5-10)7-3-6-11;/h3-9H2,1-2H3;1H. The largest absolute Gasteiger partial charge is 0.303 e. The maximum atomic E-state index is 5.65. The highest BCUT2D eigenvalue weighted by atomic mass is 35.5. The Hall–Kier alpha value is 0.540. The van der Waals surface area contributed by atoms with Crippen LogP contribution in [0.15, 0.2) is 0 Å². The van der Waals surface area contributed by atoms with Crippen LogP contribution in [0.4, 0.5) is 0 Å². The summed E-state index contributed by atoms with van der Waals surface area (Å²) in [6.45, 7) is 8.46. The van der Waals surface area contributed by atoms with Gasteiger partial charge in [-0.05, 0) is 44.3 Å². The molecule has 1 nitrogen and oxygen atoms in total. The lowest BCUT2D eigenvalue weighted by molar-refractivity contribution is 0.133. The van der Waals surface area contributed by atoms with Crippen molar-refractivity contribution in [2.45, 2.75) is 33.1 Å². The van der Waals surface area contributed by atoms with Crippen molar-refractivity contribution in [2.24, 2.45) is 5.41 Å². The molecule has 0 aromatic rings. The number of halogens is 2. The van der Waals surface area contributed by atoms with Crippen LogP contribution < -0.4 is 0 Å². The first-order chi connectivity index (χ1) is 5.64. The summed E-state index contributed by atoms with van der Waals surface area (Å²) in [7, 11) is 0. The normalized spacial score (nSPS) is 22.4. The monoisotopic (exact) mass is 225 g/mol. The van der Waals surface area contributed by atoms with Crippen molar-refractivity contribution in [3.05, 3.63) is 0 Å². The lowest BCUT2D eigenvalue weighted by Crippen LogP contribution is -2.37. The van der Waals surface area contributed by atoms with Gasteiger partial charge in [-0.2, -0.15) is 0 Å². The van der Waals surface area contributed by atoms with E-state index < -0.39 is 0 Å². The molecule has 1 aliphatic heterocycles. The summed E-state index contributed by atoms with van der Waals surface area (Å²) in [5, 5.41) is 0. The predicted molar refractivity (Wildman–Crippen MR) is 62.0 cm³/mol. The van der Waals surface area contributed by atoms with Crippen molar-refractivity contribution in [3.8, 4) is 0 Å². The fourth-order valence-corrected chi connectivity index (χ4v) is 1.78. The van der Waals surface area contributed by atoms with Gasteiger partial charge in [0.2, 0.25) is 0 Å². The maximum absolute atomic E-state index is 5.65. The number of piperidine rings is 1. The number of rotatable bonds is 3. The molecule has 0 aromatic carbocycles. The van der Waals surface area contributed by atoms with Crippen molar-refractivity contribution in [1.82, 2.24) is 4.90 Å². The molecule has 0 spiro atoms. The van der Waals surface area contributed by atoms with E-state index in [0.717, 1.165) is 12.3 Å². The second-order valence-corrected chi connectivity index (χ2v) is 4.93. The molecule has 80 valence electrons. The van der Waals surface area contributed by atoms with Crippen LogP contribution in [0.5, 0.6) is 0 Å². The van der Waals surface area contributed by atoms with Gasteiger partial charge in [-0.1, -0.05) is 13.8 Å². The Balaban J connectivity index is 0.00000144. The first kappa shape index (κ1) is 13.5. The number of hydrogen-bond donors (Lipinski definition) is 0. The first-order valence-electron chi connectivity index (χ1n) is 4.92. The summed E-state index contributed by atoms with van der Waals surface area (Å²) in [4.78, 5) is 2.54. The maximum Gasteiger partial charge on any atom is 0.0235 e. The highest BCUT2D eigenvalue weighted by Gasteiger charge is 2.24. The van der Waals surface area contributed by atoms with Crippen molar-refractivity contribution >= 4 is 24.0 Å². The highest BCUT2D eigenvalue weighted by molar-refractivity contribution is 6.17. The van der Waals surface area contributed by atoms with Crippen molar-refractivity contribution in [1.29, 1.82) is 0 Å². The minimum absolute atomic E-state index is 0. The van der Waals surface area contributed by atoms with Crippen LogP contribution in [0.1, 0.15) is 33.1 Å². The third-order valence-electron chi connectivity index (χ3n) is 2.82. The van der Waals surface area contributed by atoms with E-state index in [1.54, 1.807) is 0 Å². The molecule has 13 heavy (non-hydrogen) atoms. The van der Waals surface area contributed by atoms with Gasteiger partial charge in [-0.3, -0.25) is 0 Å². The molecule has 1 heterocycles. The topological polar surface area (TPSA) is 3.24 Å². The minimum Gasteiger partial charge on any atom is -0.303 e. The first-order valence-corrected chi connectivity index (χ1v) is 5.46. The number of alkyl halides is 1. The molecule has 0 saturated carbocycles. The van der Waals surface area contributed by atoms with Crippen molar-refractivity contribution in [2.75, 3.05) is 25.5 Å². The molecular weight excluding hydrogens is 205 g/mol. The van der Waals surface area contributed by atoms with Crippen LogP contribution in [0.3, 0.4) is 0 Å². The van der Waals surface area contributed by atoms with E-state index in [1.165, 1.54) is 32.5 Å². The smallest absolute Gasteiger partial charge is 0.0235 e. The third kappa shape index (κ3) is 5.09. The van der Waals surface area contributed by atoms with E-state index in [1.807, 2.05) is 0 Å². The quantitative estimate of drug-likeness (QED) is 0.668. The van der Waals surface area contributed by atoms with E-state index >= 15 is 0 Å². The van der Waals surface area contributed by atoms with Gasteiger partial charge in [0.15, 0.2) is 0 Å². The lowest BCUT2D eigenvalue weighted by atomic mass is 9.83. The SMILES string of the molecule is CC1(C)CCN(CCCCl)CC1.Cl. The van der Waals surface area contributed by atoms with Gasteiger partial charge in [0.1, 0.15) is 0 Å². The van der Waals surface area contributed by atoms with Gasteiger partial charge in [0, 0.05) is 5.88 Å². The van der Waals surface area contributed by atoms with E-state index in [4.69, 9.17) is 11.6 Å².